The van der Waals surface area contributed by atoms with Gasteiger partial charge in [0.25, 0.3) is 0 Å². The standard InChI is InChI=1S/C32H28N2/c1-21-7-3-5-9-27(21)31-29(19-20-30(34)32(31)28-10-6-4-8-22(28)2)25-13-11-23(12-14-25)24-15-17-26(33)18-16-24/h3-20H,33-34H2,1-2H3. The molecule has 5 aromatic carbocycles. The molecule has 166 valence electrons. The van der Waals surface area contributed by atoms with Crippen molar-refractivity contribution in [3.05, 3.63) is 120 Å². The lowest BCUT2D eigenvalue weighted by Crippen LogP contribution is -1.99. The van der Waals surface area contributed by atoms with Gasteiger partial charge < -0.3 is 11.5 Å². The third-order valence-corrected chi connectivity index (χ3v) is 6.51. The summed E-state index contributed by atoms with van der Waals surface area (Å²) in [5, 5.41) is 0. The van der Waals surface area contributed by atoms with Crippen LogP contribution in [0, 0.1) is 13.8 Å². The van der Waals surface area contributed by atoms with Gasteiger partial charge in [-0.25, -0.2) is 0 Å². The number of nitrogens with two attached hydrogens (primary N) is 2. The Morgan fingerprint density at radius 1 is 0.412 bits per heavy atom. The minimum absolute atomic E-state index is 0.772. The quantitative estimate of drug-likeness (QED) is 0.277. The third kappa shape index (κ3) is 3.95. The minimum Gasteiger partial charge on any atom is -0.399 e. The van der Waals surface area contributed by atoms with Crippen LogP contribution in [0.15, 0.2) is 109 Å². The number of nitrogen functional groups attached to an aromatic ring is 2. The van der Waals surface area contributed by atoms with E-state index in [2.05, 4.69) is 105 Å². The Morgan fingerprint density at radius 3 is 1.44 bits per heavy atom. The fourth-order valence-electron chi connectivity index (χ4n) is 4.65. The summed E-state index contributed by atoms with van der Waals surface area (Å²) in [4.78, 5) is 0. The molecule has 5 rings (SSSR count). The molecule has 0 unspecified atom stereocenters. The zero-order valence-electron chi connectivity index (χ0n) is 19.5. The lowest BCUT2D eigenvalue weighted by Gasteiger charge is -2.21. The molecule has 0 fully saturated rings. The summed E-state index contributed by atoms with van der Waals surface area (Å²) >= 11 is 0. The van der Waals surface area contributed by atoms with Gasteiger partial charge in [-0.05, 0) is 82.1 Å². The predicted molar refractivity (Wildman–Crippen MR) is 146 cm³/mol. The average molecular weight is 441 g/mol. The van der Waals surface area contributed by atoms with E-state index < -0.39 is 0 Å². The maximum absolute atomic E-state index is 6.66. The van der Waals surface area contributed by atoms with Crippen molar-refractivity contribution < 1.29 is 0 Å². The van der Waals surface area contributed by atoms with Crippen LogP contribution < -0.4 is 11.5 Å². The smallest absolute Gasteiger partial charge is 0.0400 e. The third-order valence-electron chi connectivity index (χ3n) is 6.51. The molecule has 0 radical (unpaired) electrons. The molecule has 0 aliphatic heterocycles. The first-order valence-electron chi connectivity index (χ1n) is 11.5. The molecule has 0 atom stereocenters. The number of benzene rings is 5. The maximum atomic E-state index is 6.66. The molecule has 0 amide bonds. The second-order valence-electron chi connectivity index (χ2n) is 8.78. The monoisotopic (exact) mass is 440 g/mol. The first kappa shape index (κ1) is 21.5. The summed E-state index contributed by atoms with van der Waals surface area (Å²) in [5.74, 6) is 0. The van der Waals surface area contributed by atoms with Crippen LogP contribution in [0.3, 0.4) is 0 Å². The highest BCUT2D eigenvalue weighted by atomic mass is 14.6. The van der Waals surface area contributed by atoms with Crippen LogP contribution in [0.4, 0.5) is 11.4 Å². The van der Waals surface area contributed by atoms with Gasteiger partial charge in [0.15, 0.2) is 0 Å². The maximum Gasteiger partial charge on any atom is 0.0400 e. The SMILES string of the molecule is Cc1ccccc1-c1c(N)ccc(-c2ccc(-c3ccc(N)cc3)cc2)c1-c1ccccc1C. The summed E-state index contributed by atoms with van der Waals surface area (Å²) in [5.41, 5.74) is 25.8. The number of rotatable bonds is 4. The van der Waals surface area contributed by atoms with Crippen molar-refractivity contribution in [2.75, 3.05) is 11.5 Å². The molecule has 0 saturated carbocycles. The van der Waals surface area contributed by atoms with E-state index in [1.54, 1.807) is 0 Å². The number of anilines is 2. The lowest BCUT2D eigenvalue weighted by molar-refractivity contribution is 1.43. The van der Waals surface area contributed by atoms with Crippen molar-refractivity contribution in [3.63, 3.8) is 0 Å². The summed E-state index contributed by atoms with van der Waals surface area (Å²) in [6.45, 7) is 4.30. The Labute approximate surface area is 201 Å². The van der Waals surface area contributed by atoms with E-state index in [4.69, 9.17) is 11.5 Å². The Morgan fingerprint density at radius 2 is 0.882 bits per heavy atom. The van der Waals surface area contributed by atoms with Gasteiger partial charge in [-0.3, -0.25) is 0 Å². The molecule has 0 spiro atoms. The van der Waals surface area contributed by atoms with Gasteiger partial charge in [0.05, 0.1) is 0 Å². The van der Waals surface area contributed by atoms with Crippen molar-refractivity contribution in [2.24, 2.45) is 0 Å². The predicted octanol–water partition coefficient (Wildman–Crippen LogP) is 8.14. The molecule has 2 nitrogen and oxygen atoms in total. The van der Waals surface area contributed by atoms with E-state index in [0.29, 0.717) is 0 Å². The molecule has 4 N–H and O–H groups in total. The molecule has 0 aromatic heterocycles. The van der Waals surface area contributed by atoms with Gasteiger partial charge in [-0.15, -0.1) is 0 Å². The molecule has 0 aliphatic carbocycles. The largest absolute Gasteiger partial charge is 0.399 e. The Balaban J connectivity index is 1.73. The highest BCUT2D eigenvalue weighted by molar-refractivity contribution is 6.01. The summed E-state index contributed by atoms with van der Waals surface area (Å²) in [6.07, 6.45) is 0. The Hall–Kier alpha value is -4.30. The van der Waals surface area contributed by atoms with Crippen LogP contribution in [-0.4, -0.2) is 0 Å². The molecular formula is C32H28N2. The zero-order valence-corrected chi connectivity index (χ0v) is 19.5. The molecule has 5 aromatic rings. The average Bonchev–Trinajstić information content (AvgIpc) is 2.86. The van der Waals surface area contributed by atoms with Gasteiger partial charge in [0.1, 0.15) is 0 Å². The lowest BCUT2D eigenvalue weighted by atomic mass is 9.84. The normalized spacial score (nSPS) is 10.9. The summed E-state index contributed by atoms with van der Waals surface area (Å²) < 4.78 is 0. The Bertz CT molecular complexity index is 1460. The number of hydrogen-bond donors (Lipinski definition) is 2. The van der Waals surface area contributed by atoms with E-state index in [0.717, 1.165) is 33.6 Å². The zero-order chi connectivity index (χ0) is 23.7. The number of hydrogen-bond acceptors (Lipinski definition) is 2. The summed E-state index contributed by atoms with van der Waals surface area (Å²) in [7, 11) is 0. The van der Waals surface area contributed by atoms with Gasteiger partial charge >= 0.3 is 0 Å². The first-order chi connectivity index (χ1) is 16.5. The molecule has 0 aliphatic rings. The molecular weight excluding hydrogens is 412 g/mol. The van der Waals surface area contributed by atoms with Gasteiger partial charge in [0, 0.05) is 16.9 Å². The second kappa shape index (κ2) is 8.92. The number of aryl methyl sites for hydroxylation is 2. The van der Waals surface area contributed by atoms with Crippen LogP contribution in [0.25, 0.3) is 44.5 Å². The van der Waals surface area contributed by atoms with E-state index in [1.165, 1.54) is 33.4 Å². The van der Waals surface area contributed by atoms with Crippen molar-refractivity contribution >= 4 is 11.4 Å². The van der Waals surface area contributed by atoms with Gasteiger partial charge in [0.2, 0.25) is 0 Å². The molecule has 0 saturated heterocycles. The fraction of sp³-hybridized carbons (Fsp3) is 0.0625. The van der Waals surface area contributed by atoms with Crippen molar-refractivity contribution in [3.8, 4) is 44.5 Å². The molecule has 34 heavy (non-hydrogen) atoms. The molecule has 0 heterocycles. The topological polar surface area (TPSA) is 52.0 Å². The van der Waals surface area contributed by atoms with E-state index >= 15 is 0 Å². The van der Waals surface area contributed by atoms with Crippen molar-refractivity contribution in [2.45, 2.75) is 13.8 Å². The van der Waals surface area contributed by atoms with Crippen LogP contribution in [0.2, 0.25) is 0 Å². The van der Waals surface area contributed by atoms with Gasteiger partial charge in [-0.2, -0.15) is 0 Å². The highest BCUT2D eigenvalue weighted by Gasteiger charge is 2.19. The Kier molecular flexibility index (Phi) is 5.65. The van der Waals surface area contributed by atoms with E-state index in [9.17, 15) is 0 Å². The summed E-state index contributed by atoms with van der Waals surface area (Å²) in [6, 6.07) is 37.9. The molecule has 0 bridgehead atoms. The minimum atomic E-state index is 0.772. The van der Waals surface area contributed by atoms with Crippen LogP contribution in [0.1, 0.15) is 11.1 Å². The van der Waals surface area contributed by atoms with Crippen LogP contribution in [-0.2, 0) is 0 Å². The van der Waals surface area contributed by atoms with E-state index in [1.807, 2.05) is 18.2 Å². The molecule has 2 heteroatoms. The second-order valence-corrected chi connectivity index (χ2v) is 8.78. The van der Waals surface area contributed by atoms with Crippen LogP contribution >= 0.6 is 0 Å². The highest BCUT2D eigenvalue weighted by Crippen LogP contribution is 2.45. The van der Waals surface area contributed by atoms with Crippen molar-refractivity contribution in [1.29, 1.82) is 0 Å². The van der Waals surface area contributed by atoms with Crippen LogP contribution in [0.5, 0.6) is 0 Å². The fourth-order valence-corrected chi connectivity index (χ4v) is 4.65. The first-order valence-corrected chi connectivity index (χ1v) is 11.5. The van der Waals surface area contributed by atoms with Gasteiger partial charge in [-0.1, -0.05) is 91.0 Å². The van der Waals surface area contributed by atoms with Crippen molar-refractivity contribution in [1.82, 2.24) is 0 Å². The van der Waals surface area contributed by atoms with E-state index in [-0.39, 0.29) is 0 Å².